The second-order valence-corrected chi connectivity index (χ2v) is 6.80. The highest BCUT2D eigenvalue weighted by molar-refractivity contribution is 5.76. The fraction of sp³-hybridized carbons (Fsp3) is 0.733. The van der Waals surface area contributed by atoms with Gasteiger partial charge in [-0.05, 0) is 33.1 Å². The Morgan fingerprint density at radius 3 is 2.65 bits per heavy atom. The lowest BCUT2D eigenvalue weighted by molar-refractivity contribution is -0.122. The molecule has 5 nitrogen and oxygen atoms in total. The van der Waals surface area contributed by atoms with E-state index in [1.807, 2.05) is 25.3 Å². The van der Waals surface area contributed by atoms with Gasteiger partial charge in [-0.25, -0.2) is 4.98 Å². The van der Waals surface area contributed by atoms with Crippen LogP contribution in [0.15, 0.2) is 12.5 Å². The molecule has 0 aromatic carbocycles. The molecule has 0 saturated carbocycles. The molecule has 20 heavy (non-hydrogen) atoms. The zero-order valence-electron chi connectivity index (χ0n) is 13.3. The molecular weight excluding hydrogens is 252 g/mol. The van der Waals surface area contributed by atoms with Crippen molar-refractivity contribution in [1.82, 2.24) is 14.9 Å². The third-order valence-electron chi connectivity index (χ3n) is 2.94. The van der Waals surface area contributed by atoms with Gasteiger partial charge in [-0.1, -0.05) is 13.8 Å². The highest BCUT2D eigenvalue weighted by Crippen LogP contribution is 2.18. The summed E-state index contributed by atoms with van der Waals surface area (Å²) in [5.41, 5.74) is 7.00. The molecule has 0 bridgehead atoms. The zero-order valence-corrected chi connectivity index (χ0v) is 13.3. The van der Waals surface area contributed by atoms with Crippen LogP contribution in [0.4, 0.5) is 0 Å². The van der Waals surface area contributed by atoms with Gasteiger partial charge in [0.2, 0.25) is 5.91 Å². The fourth-order valence-corrected chi connectivity index (χ4v) is 2.16. The van der Waals surface area contributed by atoms with Crippen molar-refractivity contribution in [3.63, 3.8) is 0 Å². The molecule has 1 unspecified atom stereocenters. The summed E-state index contributed by atoms with van der Waals surface area (Å²) in [6, 6.07) is -0.0248. The van der Waals surface area contributed by atoms with Crippen molar-refractivity contribution in [3.8, 4) is 0 Å². The lowest BCUT2D eigenvalue weighted by atomic mass is 10.0. The Morgan fingerprint density at radius 1 is 1.45 bits per heavy atom. The van der Waals surface area contributed by atoms with Gasteiger partial charge < -0.3 is 15.6 Å². The van der Waals surface area contributed by atoms with E-state index in [0.29, 0.717) is 18.9 Å². The summed E-state index contributed by atoms with van der Waals surface area (Å²) >= 11 is 0. The summed E-state index contributed by atoms with van der Waals surface area (Å²) in [6.07, 6.45) is 4.91. The van der Waals surface area contributed by atoms with E-state index >= 15 is 0 Å². The van der Waals surface area contributed by atoms with Crippen LogP contribution in [-0.2, 0) is 11.3 Å². The Hall–Kier alpha value is -1.36. The number of imidazole rings is 1. The number of hydrogen-bond donors (Lipinski definition) is 2. The highest BCUT2D eigenvalue weighted by atomic mass is 16.1. The van der Waals surface area contributed by atoms with Crippen LogP contribution in [0.2, 0.25) is 0 Å². The standard InChI is InChI=1S/C15H28N4O/c1-11(2)8-12(16)13-9-17-10-19(13)7-6-14(20)18-15(3,4)5/h9-12H,6-8,16H2,1-5H3,(H,18,20). The molecule has 3 N–H and O–H groups in total. The Morgan fingerprint density at radius 2 is 2.10 bits per heavy atom. The number of carbonyl (C=O) groups excluding carboxylic acids is 1. The van der Waals surface area contributed by atoms with Gasteiger partial charge in [0, 0.05) is 30.7 Å². The van der Waals surface area contributed by atoms with Gasteiger partial charge in [0.25, 0.3) is 0 Å². The fourth-order valence-electron chi connectivity index (χ4n) is 2.16. The van der Waals surface area contributed by atoms with Crippen LogP contribution in [0, 0.1) is 5.92 Å². The van der Waals surface area contributed by atoms with Gasteiger partial charge in [0.15, 0.2) is 0 Å². The molecule has 0 aliphatic heterocycles. The van der Waals surface area contributed by atoms with Gasteiger partial charge in [-0.3, -0.25) is 4.79 Å². The van der Waals surface area contributed by atoms with E-state index in [1.165, 1.54) is 0 Å². The van der Waals surface area contributed by atoms with E-state index in [2.05, 4.69) is 24.1 Å². The van der Waals surface area contributed by atoms with Crippen molar-refractivity contribution in [2.75, 3.05) is 0 Å². The highest BCUT2D eigenvalue weighted by Gasteiger charge is 2.16. The largest absolute Gasteiger partial charge is 0.351 e. The predicted octanol–water partition coefficient (Wildman–Crippen LogP) is 2.23. The molecule has 1 aromatic heterocycles. The van der Waals surface area contributed by atoms with Crippen molar-refractivity contribution >= 4 is 5.91 Å². The first-order valence-corrected chi connectivity index (χ1v) is 7.25. The van der Waals surface area contributed by atoms with Gasteiger partial charge >= 0.3 is 0 Å². The monoisotopic (exact) mass is 280 g/mol. The maximum Gasteiger partial charge on any atom is 0.222 e. The number of aryl methyl sites for hydroxylation is 1. The Balaban J connectivity index is 2.57. The van der Waals surface area contributed by atoms with Crippen LogP contribution >= 0.6 is 0 Å². The molecule has 0 saturated heterocycles. The maximum atomic E-state index is 11.8. The van der Waals surface area contributed by atoms with E-state index in [4.69, 9.17) is 5.73 Å². The predicted molar refractivity (Wildman–Crippen MR) is 81.1 cm³/mol. The van der Waals surface area contributed by atoms with Crippen molar-refractivity contribution in [2.45, 2.75) is 65.6 Å². The Labute approximate surface area is 122 Å². The first-order valence-electron chi connectivity index (χ1n) is 7.25. The quantitative estimate of drug-likeness (QED) is 0.839. The van der Waals surface area contributed by atoms with Crippen LogP contribution < -0.4 is 11.1 Å². The lowest BCUT2D eigenvalue weighted by Crippen LogP contribution is -2.40. The molecule has 1 amide bonds. The van der Waals surface area contributed by atoms with Crippen LogP contribution in [0.25, 0.3) is 0 Å². The summed E-state index contributed by atoms with van der Waals surface area (Å²) in [6.45, 7) is 10.8. The zero-order chi connectivity index (χ0) is 15.3. The van der Waals surface area contributed by atoms with Crippen LogP contribution in [0.3, 0.4) is 0 Å². The smallest absolute Gasteiger partial charge is 0.222 e. The van der Waals surface area contributed by atoms with Crippen LogP contribution in [-0.4, -0.2) is 21.0 Å². The minimum atomic E-state index is -0.192. The molecule has 1 atom stereocenters. The van der Waals surface area contributed by atoms with Gasteiger partial charge in [0.1, 0.15) is 0 Å². The average molecular weight is 280 g/mol. The third-order valence-corrected chi connectivity index (χ3v) is 2.94. The van der Waals surface area contributed by atoms with E-state index in [9.17, 15) is 4.79 Å². The molecule has 0 aliphatic rings. The van der Waals surface area contributed by atoms with E-state index in [-0.39, 0.29) is 17.5 Å². The van der Waals surface area contributed by atoms with Crippen molar-refractivity contribution in [1.29, 1.82) is 0 Å². The minimum absolute atomic E-state index is 0.0248. The van der Waals surface area contributed by atoms with Crippen molar-refractivity contribution < 1.29 is 4.79 Å². The summed E-state index contributed by atoms with van der Waals surface area (Å²) in [4.78, 5) is 16.0. The molecule has 1 rings (SSSR count). The molecular formula is C15H28N4O. The van der Waals surface area contributed by atoms with Gasteiger partial charge in [0.05, 0.1) is 12.0 Å². The summed E-state index contributed by atoms with van der Waals surface area (Å²) < 4.78 is 1.98. The molecule has 0 aliphatic carbocycles. The summed E-state index contributed by atoms with van der Waals surface area (Å²) in [5.74, 6) is 0.590. The SMILES string of the molecule is CC(C)CC(N)c1cncn1CCC(=O)NC(C)(C)C. The molecule has 5 heteroatoms. The number of amides is 1. The Bertz CT molecular complexity index is 431. The number of carbonyl (C=O) groups is 1. The Kier molecular flexibility index (Phi) is 5.74. The molecule has 114 valence electrons. The minimum Gasteiger partial charge on any atom is -0.351 e. The van der Waals surface area contributed by atoms with Crippen LogP contribution in [0.1, 0.15) is 59.2 Å². The first kappa shape index (κ1) is 16.7. The number of nitrogens with zero attached hydrogens (tertiary/aromatic N) is 2. The maximum absolute atomic E-state index is 11.8. The second kappa shape index (κ2) is 6.88. The van der Waals surface area contributed by atoms with Crippen molar-refractivity contribution in [2.24, 2.45) is 11.7 Å². The summed E-state index contributed by atoms with van der Waals surface area (Å²) in [5, 5.41) is 2.96. The molecule has 0 fully saturated rings. The van der Waals surface area contributed by atoms with Crippen molar-refractivity contribution in [3.05, 3.63) is 18.2 Å². The topological polar surface area (TPSA) is 72.9 Å². The molecule has 1 heterocycles. The molecule has 0 spiro atoms. The van der Waals surface area contributed by atoms with E-state index in [1.54, 1.807) is 12.5 Å². The number of aromatic nitrogens is 2. The van der Waals surface area contributed by atoms with E-state index < -0.39 is 0 Å². The van der Waals surface area contributed by atoms with E-state index in [0.717, 1.165) is 12.1 Å². The number of rotatable bonds is 6. The van der Waals surface area contributed by atoms with Gasteiger partial charge in [-0.15, -0.1) is 0 Å². The summed E-state index contributed by atoms with van der Waals surface area (Å²) in [7, 11) is 0. The second-order valence-electron chi connectivity index (χ2n) is 6.80. The molecule has 1 aromatic rings. The molecule has 0 radical (unpaired) electrons. The van der Waals surface area contributed by atoms with Gasteiger partial charge in [-0.2, -0.15) is 0 Å². The third kappa shape index (κ3) is 5.74. The number of nitrogens with two attached hydrogens (primary N) is 1. The average Bonchev–Trinajstić information content (AvgIpc) is 2.70. The number of hydrogen-bond acceptors (Lipinski definition) is 3. The lowest BCUT2D eigenvalue weighted by Gasteiger charge is -2.21. The first-order chi connectivity index (χ1) is 9.19. The van der Waals surface area contributed by atoms with Crippen LogP contribution in [0.5, 0.6) is 0 Å². The number of nitrogens with one attached hydrogen (secondary N) is 1. The normalized spacial score (nSPS) is 13.6.